The molecule has 0 spiro atoms. The number of amides is 2. The zero-order chi connectivity index (χ0) is 21.7. The lowest BCUT2D eigenvalue weighted by atomic mass is 9.77. The van der Waals surface area contributed by atoms with Gasteiger partial charge in [-0.1, -0.05) is 30.3 Å². The van der Waals surface area contributed by atoms with Crippen LogP contribution in [0, 0.1) is 5.41 Å². The predicted molar refractivity (Wildman–Crippen MR) is 116 cm³/mol. The highest BCUT2D eigenvalue weighted by molar-refractivity contribution is 6.02. The molecular weight excluding hydrogens is 380 g/mol. The summed E-state index contributed by atoms with van der Waals surface area (Å²) in [5.74, 6) is -0.101. The lowest BCUT2D eigenvalue weighted by molar-refractivity contribution is 0.0954. The molecule has 3 rings (SSSR count). The van der Waals surface area contributed by atoms with Crippen LogP contribution in [0.4, 0.5) is 0 Å². The Hall–Kier alpha value is -3.61. The summed E-state index contributed by atoms with van der Waals surface area (Å²) < 4.78 is 5.96. The first kappa shape index (κ1) is 21.1. The van der Waals surface area contributed by atoms with Crippen molar-refractivity contribution in [3.8, 4) is 5.75 Å². The normalized spacial score (nSPS) is 17.6. The maximum absolute atomic E-state index is 12.8. The number of nitrogens with one attached hydrogen (secondary N) is 3. The fourth-order valence-corrected chi connectivity index (χ4v) is 3.59. The fraction of sp³-hybridized carbons (Fsp3) is 0.261. The average Bonchev–Trinajstić information content (AvgIpc) is 3.14. The molecule has 7 heteroatoms. The number of fused-ring (bicyclic) bond motifs is 1. The van der Waals surface area contributed by atoms with Crippen LogP contribution in [-0.2, 0) is 5.41 Å². The third-order valence-corrected chi connectivity index (χ3v) is 5.43. The molecule has 2 aromatic carbocycles. The van der Waals surface area contributed by atoms with E-state index in [1.54, 1.807) is 19.2 Å². The Labute approximate surface area is 175 Å². The topological polar surface area (TPSA) is 117 Å². The van der Waals surface area contributed by atoms with Crippen LogP contribution >= 0.6 is 0 Å². The predicted octanol–water partition coefficient (Wildman–Crippen LogP) is 2.36. The summed E-state index contributed by atoms with van der Waals surface area (Å²) in [6.07, 6.45) is 2.96. The van der Waals surface area contributed by atoms with Crippen molar-refractivity contribution in [2.45, 2.75) is 18.8 Å². The third kappa shape index (κ3) is 3.91. The van der Waals surface area contributed by atoms with Crippen LogP contribution in [0.25, 0.3) is 0 Å². The van der Waals surface area contributed by atoms with Crippen LogP contribution in [0.15, 0.2) is 54.2 Å². The number of benzene rings is 2. The molecule has 1 unspecified atom stereocenters. The fourth-order valence-electron chi connectivity index (χ4n) is 3.59. The number of rotatable bonds is 7. The van der Waals surface area contributed by atoms with E-state index < -0.39 is 5.41 Å². The lowest BCUT2D eigenvalue weighted by Gasteiger charge is -2.24. The molecule has 0 aromatic heterocycles. The molecule has 1 heterocycles. The van der Waals surface area contributed by atoms with Crippen LogP contribution < -0.4 is 21.1 Å². The van der Waals surface area contributed by atoms with Gasteiger partial charge in [-0.25, -0.2) is 0 Å². The van der Waals surface area contributed by atoms with Gasteiger partial charge in [0.2, 0.25) is 0 Å². The minimum absolute atomic E-state index is 0.299. The van der Waals surface area contributed by atoms with Crippen LogP contribution in [0.1, 0.15) is 45.2 Å². The van der Waals surface area contributed by atoms with E-state index in [2.05, 4.69) is 10.6 Å². The quantitative estimate of drug-likeness (QED) is 0.528. The van der Waals surface area contributed by atoms with Gasteiger partial charge in [-0.05, 0) is 42.8 Å². The average molecular weight is 406 g/mol. The second-order valence-electron chi connectivity index (χ2n) is 7.36. The molecule has 156 valence electrons. The van der Waals surface area contributed by atoms with Crippen molar-refractivity contribution in [3.05, 3.63) is 76.5 Å². The molecule has 2 amide bonds. The smallest absolute Gasteiger partial charge is 0.254 e. The van der Waals surface area contributed by atoms with Gasteiger partial charge in [0.1, 0.15) is 12.4 Å². The van der Waals surface area contributed by atoms with Gasteiger partial charge in [-0.15, -0.1) is 0 Å². The molecule has 0 saturated carbocycles. The maximum atomic E-state index is 12.8. The summed E-state index contributed by atoms with van der Waals surface area (Å²) in [6, 6.07) is 13.3. The number of ether oxygens (including phenoxy) is 1. The molecular formula is C23H26N4O3. The molecule has 1 aliphatic rings. The van der Waals surface area contributed by atoms with Crippen molar-refractivity contribution < 1.29 is 14.3 Å². The first-order valence-electron chi connectivity index (χ1n) is 9.73. The molecule has 0 bridgehead atoms. The lowest BCUT2D eigenvalue weighted by Crippen LogP contribution is -2.28. The highest BCUT2D eigenvalue weighted by atomic mass is 16.5. The van der Waals surface area contributed by atoms with E-state index in [4.69, 9.17) is 15.9 Å². The van der Waals surface area contributed by atoms with Crippen molar-refractivity contribution in [1.29, 1.82) is 5.41 Å². The van der Waals surface area contributed by atoms with Gasteiger partial charge < -0.3 is 26.5 Å². The molecule has 0 radical (unpaired) electrons. The molecule has 1 aliphatic heterocycles. The molecule has 5 N–H and O–H groups in total. The number of hydrogen-bond acceptors (Lipinski definition) is 5. The van der Waals surface area contributed by atoms with Gasteiger partial charge in [0.15, 0.2) is 0 Å². The van der Waals surface area contributed by atoms with Gasteiger partial charge in [0.05, 0.1) is 11.0 Å². The minimum atomic E-state index is -0.481. The first-order valence-corrected chi connectivity index (χ1v) is 9.73. The van der Waals surface area contributed by atoms with Crippen LogP contribution in [0.3, 0.4) is 0 Å². The summed E-state index contributed by atoms with van der Waals surface area (Å²) in [5, 5.41) is 12.7. The Morgan fingerprint density at radius 1 is 1.23 bits per heavy atom. The Kier molecular flexibility index (Phi) is 6.20. The van der Waals surface area contributed by atoms with E-state index in [9.17, 15) is 9.59 Å². The van der Waals surface area contributed by atoms with Crippen molar-refractivity contribution in [1.82, 2.24) is 10.6 Å². The molecule has 0 fully saturated rings. The van der Waals surface area contributed by atoms with E-state index in [1.807, 2.05) is 37.3 Å². The molecule has 1 atom stereocenters. The van der Waals surface area contributed by atoms with Crippen molar-refractivity contribution in [3.63, 3.8) is 0 Å². The third-order valence-electron chi connectivity index (χ3n) is 5.43. The van der Waals surface area contributed by atoms with Crippen LogP contribution in [0.2, 0.25) is 0 Å². The van der Waals surface area contributed by atoms with Gasteiger partial charge in [-0.3, -0.25) is 9.59 Å². The highest BCUT2D eigenvalue weighted by Crippen LogP contribution is 2.45. The molecule has 0 aliphatic carbocycles. The minimum Gasteiger partial charge on any atom is -0.491 e. The summed E-state index contributed by atoms with van der Waals surface area (Å²) in [4.78, 5) is 25.3. The van der Waals surface area contributed by atoms with Crippen LogP contribution in [0.5, 0.6) is 5.75 Å². The summed E-state index contributed by atoms with van der Waals surface area (Å²) in [7, 11) is 1.55. The Balaban J connectivity index is 1.98. The van der Waals surface area contributed by atoms with E-state index in [-0.39, 0.29) is 11.8 Å². The Morgan fingerprint density at radius 3 is 2.60 bits per heavy atom. The standard InChI is InChI=1S/C23H26N4O3/c1-23(17-6-4-3-5-7-17)14-30-20-18(22(29)26-2)10-16(11-19(20)23)21(28)27-9-8-15(12-24)13-25/h3-7,10-13,24H,8-9,14,25H2,1-2H3,(H,26,29)(H,27,28)/b15-13-,24-12?. The van der Waals surface area contributed by atoms with Gasteiger partial charge in [0, 0.05) is 30.9 Å². The first-order chi connectivity index (χ1) is 14.4. The monoisotopic (exact) mass is 406 g/mol. The van der Waals surface area contributed by atoms with E-state index in [1.165, 1.54) is 6.20 Å². The molecule has 30 heavy (non-hydrogen) atoms. The molecule has 7 nitrogen and oxygen atoms in total. The highest BCUT2D eigenvalue weighted by Gasteiger charge is 2.40. The van der Waals surface area contributed by atoms with Gasteiger partial charge in [0.25, 0.3) is 11.8 Å². The number of hydrogen-bond donors (Lipinski definition) is 4. The summed E-state index contributed by atoms with van der Waals surface area (Å²) >= 11 is 0. The van der Waals surface area contributed by atoms with E-state index in [0.29, 0.717) is 42.0 Å². The van der Waals surface area contributed by atoms with Gasteiger partial charge >= 0.3 is 0 Å². The Morgan fingerprint density at radius 2 is 1.97 bits per heavy atom. The van der Waals surface area contributed by atoms with Crippen molar-refractivity contribution >= 4 is 18.0 Å². The zero-order valence-corrected chi connectivity index (χ0v) is 17.1. The van der Waals surface area contributed by atoms with E-state index in [0.717, 1.165) is 17.3 Å². The summed E-state index contributed by atoms with van der Waals surface area (Å²) in [6.45, 7) is 2.76. The maximum Gasteiger partial charge on any atom is 0.254 e. The number of carbonyl (C=O) groups excluding carboxylic acids is 2. The van der Waals surface area contributed by atoms with Crippen LogP contribution in [-0.4, -0.2) is 38.2 Å². The van der Waals surface area contributed by atoms with Crippen molar-refractivity contribution in [2.24, 2.45) is 5.73 Å². The van der Waals surface area contributed by atoms with E-state index >= 15 is 0 Å². The van der Waals surface area contributed by atoms with Crippen molar-refractivity contribution in [2.75, 3.05) is 20.2 Å². The zero-order valence-electron chi connectivity index (χ0n) is 17.1. The second kappa shape index (κ2) is 8.82. The molecule has 0 saturated heterocycles. The number of carbonyl (C=O) groups is 2. The van der Waals surface area contributed by atoms with Gasteiger partial charge in [-0.2, -0.15) is 0 Å². The second-order valence-corrected chi connectivity index (χ2v) is 7.36. The SMILES string of the molecule is CNC(=O)c1cc(C(=O)NCC/C(C=N)=C/N)cc2c1OCC2(C)c1ccccc1. The Bertz CT molecular complexity index is 1000. The summed E-state index contributed by atoms with van der Waals surface area (Å²) in [5.41, 5.74) is 8.16. The largest absolute Gasteiger partial charge is 0.491 e. The number of nitrogens with two attached hydrogens (primary N) is 1. The molecule has 2 aromatic rings.